The van der Waals surface area contributed by atoms with E-state index in [4.69, 9.17) is 4.74 Å². The molecule has 4 heterocycles. The van der Waals surface area contributed by atoms with Crippen LogP contribution in [0.1, 0.15) is 25.5 Å². The minimum atomic E-state index is -0.448. The molecular weight excluding hydrogens is 337 g/mol. The number of rotatable bonds is 5. The lowest BCUT2D eigenvalue weighted by atomic mass is 9.97. The standard InChI is InChI=1S/C17H20FN7O/c1-2-13-14(18)17(22-9-19-13)26-8-11-3-5-25(6-4-11)16-12-7-23-24-15(12)20-10-21-16/h7,9-11H,2-6,8H2,1H3,(H,20,21,23,24). The van der Waals surface area contributed by atoms with Gasteiger partial charge in [-0.15, -0.1) is 0 Å². The van der Waals surface area contributed by atoms with Gasteiger partial charge in [0, 0.05) is 13.1 Å². The van der Waals surface area contributed by atoms with Crippen LogP contribution in [0.5, 0.6) is 5.88 Å². The molecule has 0 atom stereocenters. The second-order valence-electron chi connectivity index (χ2n) is 6.36. The highest BCUT2D eigenvalue weighted by Gasteiger charge is 2.23. The van der Waals surface area contributed by atoms with E-state index in [1.165, 1.54) is 6.33 Å². The van der Waals surface area contributed by atoms with E-state index in [1.807, 2.05) is 6.92 Å². The minimum Gasteiger partial charge on any atom is -0.475 e. The van der Waals surface area contributed by atoms with Gasteiger partial charge in [-0.3, -0.25) is 5.10 Å². The predicted octanol–water partition coefficient (Wildman–Crippen LogP) is 2.14. The summed E-state index contributed by atoms with van der Waals surface area (Å²) >= 11 is 0. The van der Waals surface area contributed by atoms with Gasteiger partial charge in [-0.05, 0) is 25.2 Å². The summed E-state index contributed by atoms with van der Waals surface area (Å²) in [5, 5.41) is 7.83. The van der Waals surface area contributed by atoms with Gasteiger partial charge >= 0.3 is 0 Å². The first-order valence-corrected chi connectivity index (χ1v) is 8.77. The Morgan fingerprint density at radius 2 is 2.00 bits per heavy atom. The third-order valence-electron chi connectivity index (χ3n) is 4.76. The van der Waals surface area contributed by atoms with Crippen molar-refractivity contribution in [2.75, 3.05) is 24.6 Å². The Bertz CT molecular complexity index is 892. The Hall–Kier alpha value is -2.84. The van der Waals surface area contributed by atoms with Crippen LogP contribution in [0.2, 0.25) is 0 Å². The van der Waals surface area contributed by atoms with Crippen LogP contribution in [-0.4, -0.2) is 49.8 Å². The van der Waals surface area contributed by atoms with Gasteiger partial charge in [0.1, 0.15) is 18.5 Å². The quantitative estimate of drug-likeness (QED) is 0.748. The number of nitrogens with zero attached hydrogens (tertiary/aromatic N) is 6. The number of nitrogens with one attached hydrogen (secondary N) is 1. The van der Waals surface area contributed by atoms with Crippen molar-refractivity contribution in [1.29, 1.82) is 0 Å². The third kappa shape index (κ3) is 3.16. The molecule has 136 valence electrons. The average molecular weight is 357 g/mol. The molecule has 9 heteroatoms. The molecule has 0 bridgehead atoms. The lowest BCUT2D eigenvalue weighted by Crippen LogP contribution is -2.36. The second-order valence-corrected chi connectivity index (χ2v) is 6.36. The fourth-order valence-electron chi connectivity index (χ4n) is 3.25. The Kier molecular flexibility index (Phi) is 4.59. The molecule has 4 rings (SSSR count). The van der Waals surface area contributed by atoms with E-state index >= 15 is 0 Å². The number of aromatic amines is 1. The molecular formula is C17H20FN7O. The smallest absolute Gasteiger partial charge is 0.253 e. The summed E-state index contributed by atoms with van der Waals surface area (Å²) in [6, 6.07) is 0. The molecule has 1 fully saturated rings. The number of halogens is 1. The SMILES string of the molecule is CCc1ncnc(OCC2CCN(c3ncnc4[nH]ncc34)CC2)c1F. The zero-order valence-corrected chi connectivity index (χ0v) is 14.5. The summed E-state index contributed by atoms with van der Waals surface area (Å²) in [7, 11) is 0. The molecule has 8 nitrogen and oxygen atoms in total. The van der Waals surface area contributed by atoms with Crippen LogP contribution in [0.3, 0.4) is 0 Å². The van der Waals surface area contributed by atoms with Gasteiger partial charge in [-0.1, -0.05) is 6.92 Å². The van der Waals surface area contributed by atoms with E-state index in [0.29, 0.717) is 24.6 Å². The lowest BCUT2D eigenvalue weighted by Gasteiger charge is -2.32. The molecule has 3 aromatic rings. The molecule has 0 saturated carbocycles. The largest absolute Gasteiger partial charge is 0.475 e. The van der Waals surface area contributed by atoms with Crippen molar-refractivity contribution < 1.29 is 9.13 Å². The van der Waals surface area contributed by atoms with Crippen molar-refractivity contribution in [1.82, 2.24) is 30.1 Å². The van der Waals surface area contributed by atoms with Crippen LogP contribution in [0, 0.1) is 11.7 Å². The topological polar surface area (TPSA) is 92.7 Å². The third-order valence-corrected chi connectivity index (χ3v) is 4.76. The first-order valence-electron chi connectivity index (χ1n) is 8.77. The number of hydrogen-bond donors (Lipinski definition) is 1. The first-order chi connectivity index (χ1) is 12.8. The number of fused-ring (bicyclic) bond motifs is 1. The molecule has 0 unspecified atom stereocenters. The summed E-state index contributed by atoms with van der Waals surface area (Å²) in [6.07, 6.45) is 7.06. The van der Waals surface area contributed by atoms with Crippen LogP contribution in [0.15, 0.2) is 18.9 Å². The lowest BCUT2D eigenvalue weighted by molar-refractivity contribution is 0.206. The van der Waals surface area contributed by atoms with Gasteiger partial charge < -0.3 is 9.64 Å². The van der Waals surface area contributed by atoms with E-state index < -0.39 is 5.82 Å². The molecule has 0 spiro atoms. The van der Waals surface area contributed by atoms with E-state index in [9.17, 15) is 4.39 Å². The van der Waals surface area contributed by atoms with Crippen LogP contribution in [0.4, 0.5) is 10.2 Å². The Balaban J connectivity index is 1.36. The summed E-state index contributed by atoms with van der Waals surface area (Å²) < 4.78 is 19.8. The van der Waals surface area contributed by atoms with Crippen molar-refractivity contribution in [3.05, 3.63) is 30.4 Å². The number of ether oxygens (including phenoxy) is 1. The van der Waals surface area contributed by atoms with Crippen LogP contribution < -0.4 is 9.64 Å². The fourth-order valence-corrected chi connectivity index (χ4v) is 3.25. The highest BCUT2D eigenvalue weighted by atomic mass is 19.1. The molecule has 1 N–H and O–H groups in total. The average Bonchev–Trinajstić information content (AvgIpc) is 3.16. The summed E-state index contributed by atoms with van der Waals surface area (Å²) in [5.41, 5.74) is 1.13. The van der Waals surface area contributed by atoms with Gasteiger partial charge in [0.15, 0.2) is 5.65 Å². The maximum atomic E-state index is 14.1. The van der Waals surface area contributed by atoms with Gasteiger partial charge in [0.05, 0.1) is 23.9 Å². The van der Waals surface area contributed by atoms with Crippen LogP contribution >= 0.6 is 0 Å². The highest BCUT2D eigenvalue weighted by Crippen LogP contribution is 2.27. The van der Waals surface area contributed by atoms with E-state index in [-0.39, 0.29) is 5.88 Å². The highest BCUT2D eigenvalue weighted by molar-refractivity contribution is 5.86. The maximum absolute atomic E-state index is 14.1. The predicted molar refractivity (Wildman–Crippen MR) is 93.5 cm³/mol. The van der Waals surface area contributed by atoms with Crippen molar-refractivity contribution in [2.24, 2.45) is 5.92 Å². The number of hydrogen-bond acceptors (Lipinski definition) is 7. The first kappa shape index (κ1) is 16.6. The van der Waals surface area contributed by atoms with E-state index in [1.54, 1.807) is 12.5 Å². The van der Waals surface area contributed by atoms with Crippen molar-refractivity contribution in [3.63, 3.8) is 0 Å². The van der Waals surface area contributed by atoms with E-state index in [0.717, 1.165) is 42.8 Å². The molecule has 0 radical (unpaired) electrons. The normalized spacial score (nSPS) is 15.5. The molecule has 3 aromatic heterocycles. The van der Waals surface area contributed by atoms with Crippen LogP contribution in [0.25, 0.3) is 11.0 Å². The van der Waals surface area contributed by atoms with Gasteiger partial charge in [-0.2, -0.15) is 14.5 Å². The van der Waals surface area contributed by atoms with Crippen molar-refractivity contribution >= 4 is 16.9 Å². The summed E-state index contributed by atoms with van der Waals surface area (Å²) in [6.45, 7) is 4.03. The molecule has 0 aromatic carbocycles. The maximum Gasteiger partial charge on any atom is 0.253 e. The number of piperidine rings is 1. The van der Waals surface area contributed by atoms with Crippen molar-refractivity contribution in [2.45, 2.75) is 26.2 Å². The fraction of sp³-hybridized carbons (Fsp3) is 0.471. The van der Waals surface area contributed by atoms with Crippen LogP contribution in [-0.2, 0) is 6.42 Å². The molecule has 1 saturated heterocycles. The number of aromatic nitrogens is 6. The van der Waals surface area contributed by atoms with Gasteiger partial charge in [0.25, 0.3) is 5.88 Å². The number of anilines is 1. The Morgan fingerprint density at radius 1 is 1.19 bits per heavy atom. The molecule has 26 heavy (non-hydrogen) atoms. The molecule has 1 aliphatic heterocycles. The summed E-state index contributed by atoms with van der Waals surface area (Å²) in [4.78, 5) is 18.7. The van der Waals surface area contributed by atoms with Gasteiger partial charge in [0.2, 0.25) is 5.82 Å². The molecule has 0 aliphatic carbocycles. The molecule has 0 amide bonds. The second kappa shape index (κ2) is 7.19. The number of H-pyrrole nitrogens is 1. The number of aryl methyl sites for hydroxylation is 1. The Labute approximate surface area is 149 Å². The zero-order valence-electron chi connectivity index (χ0n) is 14.5. The summed E-state index contributed by atoms with van der Waals surface area (Å²) in [5.74, 6) is 0.857. The Morgan fingerprint density at radius 3 is 2.81 bits per heavy atom. The van der Waals surface area contributed by atoms with Gasteiger partial charge in [-0.25, -0.2) is 15.0 Å². The molecule has 1 aliphatic rings. The monoisotopic (exact) mass is 357 g/mol. The van der Waals surface area contributed by atoms with E-state index in [2.05, 4.69) is 35.0 Å². The zero-order chi connectivity index (χ0) is 17.9. The van der Waals surface area contributed by atoms with Crippen molar-refractivity contribution in [3.8, 4) is 5.88 Å². The minimum absolute atomic E-state index is 0.0511.